The predicted octanol–water partition coefficient (Wildman–Crippen LogP) is 2.19. The first-order valence-corrected chi connectivity index (χ1v) is 11.1. The molecular formula is C22H32F2N4O2. The monoisotopic (exact) mass is 422 g/mol. The Morgan fingerprint density at radius 1 is 1.20 bits per heavy atom. The molecule has 0 aromatic heterocycles. The van der Waals surface area contributed by atoms with Crippen molar-refractivity contribution in [2.45, 2.75) is 70.0 Å². The summed E-state index contributed by atoms with van der Waals surface area (Å²) in [6.45, 7) is 5.10. The van der Waals surface area contributed by atoms with E-state index >= 15 is 0 Å². The van der Waals surface area contributed by atoms with E-state index in [0.29, 0.717) is 25.0 Å². The van der Waals surface area contributed by atoms with Gasteiger partial charge >= 0.3 is 0 Å². The highest BCUT2D eigenvalue weighted by molar-refractivity contribution is 5.77. The van der Waals surface area contributed by atoms with Crippen molar-refractivity contribution in [2.75, 3.05) is 26.2 Å². The Bertz CT molecular complexity index is 750. The van der Waals surface area contributed by atoms with Crippen LogP contribution in [-0.2, 0) is 16.0 Å². The van der Waals surface area contributed by atoms with Crippen LogP contribution in [0.25, 0.3) is 0 Å². The lowest BCUT2D eigenvalue weighted by atomic mass is 10.00. The summed E-state index contributed by atoms with van der Waals surface area (Å²) in [5.74, 6) is -1.55. The van der Waals surface area contributed by atoms with E-state index in [4.69, 9.17) is 4.74 Å². The van der Waals surface area contributed by atoms with Crippen molar-refractivity contribution in [2.24, 2.45) is 0 Å². The minimum Gasteiger partial charge on any atom is -0.376 e. The number of nitrogens with one attached hydrogen (secondary N) is 2. The summed E-state index contributed by atoms with van der Waals surface area (Å²) in [5, 5.41) is 6.70. The normalized spacial score (nSPS) is 31.9. The Morgan fingerprint density at radius 2 is 2.07 bits per heavy atom. The lowest BCUT2D eigenvalue weighted by molar-refractivity contribution is -0.133. The van der Waals surface area contributed by atoms with Crippen molar-refractivity contribution < 1.29 is 18.3 Å². The van der Waals surface area contributed by atoms with E-state index in [1.807, 2.05) is 6.92 Å². The lowest BCUT2D eigenvalue weighted by Gasteiger charge is -2.46. The number of hydrogen-bond donors (Lipinski definition) is 2. The molecule has 2 unspecified atom stereocenters. The predicted molar refractivity (Wildman–Crippen MR) is 109 cm³/mol. The topological polar surface area (TPSA) is 56.8 Å². The zero-order valence-electron chi connectivity index (χ0n) is 17.6. The Labute approximate surface area is 176 Å². The molecule has 4 atom stereocenters. The van der Waals surface area contributed by atoms with Gasteiger partial charge in [-0.2, -0.15) is 0 Å². The minimum absolute atomic E-state index is 0.0165. The summed E-state index contributed by atoms with van der Waals surface area (Å²) in [6.07, 6.45) is 4.67. The second-order valence-corrected chi connectivity index (χ2v) is 8.69. The van der Waals surface area contributed by atoms with Crippen LogP contribution in [0.3, 0.4) is 0 Å². The molecule has 0 saturated carbocycles. The van der Waals surface area contributed by atoms with Gasteiger partial charge in [0.1, 0.15) is 6.29 Å². The third-order valence-corrected chi connectivity index (χ3v) is 6.48. The molecule has 4 rings (SSSR count). The molecule has 0 radical (unpaired) electrons. The molecule has 0 bridgehead atoms. The highest BCUT2D eigenvalue weighted by atomic mass is 19.2. The molecular weight excluding hydrogens is 390 g/mol. The number of benzene rings is 1. The first-order chi connectivity index (χ1) is 14.5. The van der Waals surface area contributed by atoms with Crippen molar-refractivity contribution >= 4 is 5.91 Å². The first-order valence-electron chi connectivity index (χ1n) is 11.1. The van der Waals surface area contributed by atoms with Crippen molar-refractivity contribution in [3.63, 3.8) is 0 Å². The number of morpholine rings is 1. The van der Waals surface area contributed by atoms with Crippen LogP contribution in [0.1, 0.15) is 44.6 Å². The van der Waals surface area contributed by atoms with Crippen LogP contribution in [-0.4, -0.2) is 66.5 Å². The third kappa shape index (κ3) is 4.99. The van der Waals surface area contributed by atoms with Crippen LogP contribution in [0.2, 0.25) is 0 Å². The Balaban J connectivity index is 1.51. The number of rotatable bonds is 4. The zero-order chi connectivity index (χ0) is 21.1. The molecule has 2 N–H and O–H groups in total. The number of likely N-dealkylation sites (tertiary alicyclic amines) is 1. The molecule has 6 nitrogen and oxygen atoms in total. The van der Waals surface area contributed by atoms with Crippen molar-refractivity contribution in [1.29, 1.82) is 0 Å². The molecule has 3 heterocycles. The molecule has 8 heteroatoms. The summed E-state index contributed by atoms with van der Waals surface area (Å²) in [6, 6.07) is 4.40. The summed E-state index contributed by atoms with van der Waals surface area (Å²) in [5.41, 5.74) is 0.396. The third-order valence-electron chi connectivity index (χ3n) is 6.48. The fourth-order valence-corrected chi connectivity index (χ4v) is 4.93. The minimum atomic E-state index is -0.807. The van der Waals surface area contributed by atoms with Crippen LogP contribution in [0.5, 0.6) is 0 Å². The zero-order valence-corrected chi connectivity index (χ0v) is 17.6. The average Bonchev–Trinajstić information content (AvgIpc) is 2.96. The molecule has 1 amide bonds. The van der Waals surface area contributed by atoms with Gasteiger partial charge in [-0.3, -0.25) is 19.9 Å². The van der Waals surface area contributed by atoms with Crippen LogP contribution in [0.4, 0.5) is 8.78 Å². The maximum absolute atomic E-state index is 14.3. The fraction of sp³-hybridized carbons (Fsp3) is 0.682. The fourth-order valence-electron chi connectivity index (χ4n) is 4.93. The summed E-state index contributed by atoms with van der Waals surface area (Å²) in [7, 11) is 0. The van der Waals surface area contributed by atoms with Gasteiger partial charge in [0.15, 0.2) is 11.6 Å². The van der Waals surface area contributed by atoms with E-state index in [2.05, 4.69) is 20.4 Å². The number of hydrogen-bond acceptors (Lipinski definition) is 5. The average molecular weight is 423 g/mol. The van der Waals surface area contributed by atoms with Crippen molar-refractivity contribution in [1.82, 2.24) is 20.4 Å². The van der Waals surface area contributed by atoms with E-state index in [1.165, 1.54) is 0 Å². The van der Waals surface area contributed by atoms with Gasteiger partial charge in [0.25, 0.3) is 0 Å². The molecule has 1 aromatic carbocycles. The van der Waals surface area contributed by atoms with E-state index in [-0.39, 0.29) is 30.5 Å². The largest absolute Gasteiger partial charge is 0.376 e. The van der Waals surface area contributed by atoms with E-state index < -0.39 is 11.6 Å². The Kier molecular flexibility index (Phi) is 6.98. The number of amides is 1. The number of carbonyl (C=O) groups is 1. The summed E-state index contributed by atoms with van der Waals surface area (Å²) in [4.78, 5) is 17.1. The van der Waals surface area contributed by atoms with Gasteiger partial charge in [-0.05, 0) is 37.8 Å². The van der Waals surface area contributed by atoms with Gasteiger partial charge in [-0.15, -0.1) is 0 Å². The van der Waals surface area contributed by atoms with Gasteiger partial charge in [-0.25, -0.2) is 8.78 Å². The lowest BCUT2D eigenvalue weighted by Crippen LogP contribution is -2.69. The van der Waals surface area contributed by atoms with Gasteiger partial charge in [0.2, 0.25) is 5.91 Å². The van der Waals surface area contributed by atoms with Crippen molar-refractivity contribution in [3.8, 4) is 0 Å². The standard InChI is InChI=1S/C22H32F2N4O2/c1-15-14-27(10-11-30-15)19-13-20(29)26-22(25-19)28-9-4-2-3-7-17(28)12-16-6-5-8-18(23)21(16)24/h5-6,8,15,17,19,22,25H,2-4,7,9-14H2,1H3,(H,26,29)/t15-,17-,19?,22?/m1/s1. The van der Waals surface area contributed by atoms with Gasteiger partial charge < -0.3 is 10.1 Å². The Hall–Kier alpha value is -1.61. The maximum atomic E-state index is 14.3. The van der Waals surface area contributed by atoms with Gasteiger partial charge in [-0.1, -0.05) is 25.0 Å². The number of ether oxygens (including phenoxy) is 1. The van der Waals surface area contributed by atoms with Gasteiger partial charge in [0, 0.05) is 25.7 Å². The van der Waals surface area contributed by atoms with Crippen molar-refractivity contribution in [3.05, 3.63) is 35.4 Å². The Morgan fingerprint density at radius 3 is 2.90 bits per heavy atom. The number of carbonyl (C=O) groups excluding carboxylic acids is 1. The van der Waals surface area contributed by atoms with Crippen LogP contribution in [0.15, 0.2) is 18.2 Å². The van der Waals surface area contributed by atoms with E-state index in [1.54, 1.807) is 12.1 Å². The second-order valence-electron chi connectivity index (χ2n) is 8.69. The summed E-state index contributed by atoms with van der Waals surface area (Å²) < 4.78 is 33.7. The summed E-state index contributed by atoms with van der Waals surface area (Å²) >= 11 is 0. The molecule has 166 valence electrons. The molecule has 1 aromatic rings. The van der Waals surface area contributed by atoms with Crippen LogP contribution < -0.4 is 10.6 Å². The molecule has 30 heavy (non-hydrogen) atoms. The molecule has 3 saturated heterocycles. The smallest absolute Gasteiger partial charge is 0.225 e. The second kappa shape index (κ2) is 9.68. The molecule has 3 aliphatic rings. The molecule has 3 aliphatic heterocycles. The van der Waals surface area contributed by atoms with Crippen LogP contribution in [0, 0.1) is 11.6 Å². The quantitative estimate of drug-likeness (QED) is 0.779. The SMILES string of the molecule is C[C@@H]1CN(C2CC(=O)NC(N3CCCCC[C@@H]3Cc3cccc(F)c3F)N2)CCO1. The number of halogens is 2. The highest BCUT2D eigenvalue weighted by Crippen LogP contribution is 2.25. The van der Waals surface area contributed by atoms with E-state index in [9.17, 15) is 13.6 Å². The van der Waals surface area contributed by atoms with Gasteiger partial charge in [0.05, 0.1) is 25.3 Å². The van der Waals surface area contributed by atoms with Crippen LogP contribution >= 0.6 is 0 Å². The van der Waals surface area contributed by atoms with E-state index in [0.717, 1.165) is 51.4 Å². The molecule has 0 aliphatic carbocycles. The molecule has 3 fully saturated rings. The molecule has 0 spiro atoms. The highest BCUT2D eigenvalue weighted by Gasteiger charge is 2.37. The number of nitrogens with zero attached hydrogens (tertiary/aromatic N) is 2. The maximum Gasteiger partial charge on any atom is 0.225 e. The first kappa shape index (κ1) is 21.6.